The molecular formula is C12H13NO2S. The number of hydrogen-bond acceptors (Lipinski definition) is 3. The highest BCUT2D eigenvalue weighted by molar-refractivity contribution is 7.99. The topological polar surface area (TPSA) is 61.1 Å². The van der Waals surface area contributed by atoms with Gasteiger partial charge in [-0.2, -0.15) is 17.0 Å². The lowest BCUT2D eigenvalue weighted by atomic mass is 10.2. The zero-order valence-electron chi connectivity index (χ0n) is 9.01. The van der Waals surface area contributed by atoms with Crippen LogP contribution in [0.3, 0.4) is 0 Å². The number of rotatable bonds is 5. The molecule has 1 aromatic carbocycles. The molecule has 0 aliphatic rings. The fourth-order valence-electron chi connectivity index (χ4n) is 1.22. The summed E-state index contributed by atoms with van der Waals surface area (Å²) in [6.45, 7) is 1.91. The summed E-state index contributed by atoms with van der Waals surface area (Å²) >= 11 is 1.61. The van der Waals surface area contributed by atoms with Gasteiger partial charge in [0.15, 0.2) is 0 Å². The first kappa shape index (κ1) is 12.6. The quantitative estimate of drug-likeness (QED) is 0.852. The Kier molecular flexibility index (Phi) is 4.87. The number of thioether (sulfide) groups is 1. The van der Waals surface area contributed by atoms with Gasteiger partial charge in [-0.05, 0) is 17.7 Å². The van der Waals surface area contributed by atoms with Crippen molar-refractivity contribution in [3.63, 3.8) is 0 Å². The van der Waals surface area contributed by atoms with Crippen molar-refractivity contribution in [2.24, 2.45) is 0 Å². The molecule has 1 rings (SSSR count). The Bertz CT molecular complexity index is 394. The lowest BCUT2D eigenvalue weighted by Crippen LogP contribution is -2.05. The van der Waals surface area contributed by atoms with Gasteiger partial charge >= 0.3 is 5.97 Å². The minimum Gasteiger partial charge on any atom is -0.481 e. The van der Waals surface area contributed by atoms with Gasteiger partial charge in [0, 0.05) is 11.0 Å². The van der Waals surface area contributed by atoms with Crippen molar-refractivity contribution in [3.05, 3.63) is 35.4 Å². The number of benzene rings is 1. The molecule has 0 aliphatic heterocycles. The van der Waals surface area contributed by atoms with Gasteiger partial charge in [-0.15, -0.1) is 0 Å². The Morgan fingerprint density at radius 1 is 1.50 bits per heavy atom. The van der Waals surface area contributed by atoms with Crippen LogP contribution in [0.4, 0.5) is 0 Å². The zero-order valence-corrected chi connectivity index (χ0v) is 9.83. The summed E-state index contributed by atoms with van der Waals surface area (Å²) in [6, 6.07) is 9.42. The second kappa shape index (κ2) is 6.19. The molecule has 0 aromatic heterocycles. The van der Waals surface area contributed by atoms with Gasteiger partial charge in [0.05, 0.1) is 18.1 Å². The van der Waals surface area contributed by atoms with E-state index in [1.165, 1.54) is 0 Å². The lowest BCUT2D eigenvalue weighted by molar-refractivity contribution is -0.136. The van der Waals surface area contributed by atoms with Gasteiger partial charge < -0.3 is 5.11 Å². The molecule has 0 aliphatic carbocycles. The molecule has 1 atom stereocenters. The van der Waals surface area contributed by atoms with Crippen molar-refractivity contribution in [1.29, 1.82) is 5.26 Å². The number of carbonyl (C=O) groups is 1. The first-order valence-corrected chi connectivity index (χ1v) is 5.99. The number of nitriles is 1. The van der Waals surface area contributed by atoms with Crippen LogP contribution in [0.5, 0.6) is 0 Å². The van der Waals surface area contributed by atoms with Gasteiger partial charge in [-0.25, -0.2) is 0 Å². The molecule has 4 heteroatoms. The van der Waals surface area contributed by atoms with E-state index in [4.69, 9.17) is 10.4 Å². The summed E-state index contributed by atoms with van der Waals surface area (Å²) in [7, 11) is 0. The molecule has 0 spiro atoms. The van der Waals surface area contributed by atoms with E-state index in [0.717, 1.165) is 11.3 Å². The summed E-state index contributed by atoms with van der Waals surface area (Å²) < 4.78 is 0. The molecule has 0 saturated heterocycles. The van der Waals surface area contributed by atoms with E-state index in [0.29, 0.717) is 5.56 Å². The molecule has 1 aromatic rings. The number of hydrogen-bond donors (Lipinski definition) is 1. The van der Waals surface area contributed by atoms with E-state index in [1.807, 2.05) is 19.1 Å². The van der Waals surface area contributed by atoms with Crippen LogP contribution < -0.4 is 0 Å². The zero-order chi connectivity index (χ0) is 12.0. The predicted molar refractivity (Wildman–Crippen MR) is 64.2 cm³/mol. The second-order valence-corrected chi connectivity index (χ2v) is 4.95. The van der Waals surface area contributed by atoms with E-state index in [-0.39, 0.29) is 11.7 Å². The molecular weight excluding hydrogens is 222 g/mol. The number of aliphatic carboxylic acids is 1. The molecule has 1 N–H and O–H groups in total. The minimum absolute atomic E-state index is 0.105. The third kappa shape index (κ3) is 4.37. The average molecular weight is 235 g/mol. The van der Waals surface area contributed by atoms with Crippen molar-refractivity contribution in [2.75, 3.05) is 0 Å². The van der Waals surface area contributed by atoms with Crippen LogP contribution >= 0.6 is 11.8 Å². The Morgan fingerprint density at radius 2 is 2.12 bits per heavy atom. The Labute approximate surface area is 99.1 Å². The van der Waals surface area contributed by atoms with E-state index < -0.39 is 5.97 Å². The van der Waals surface area contributed by atoms with Crippen LogP contribution in [0.1, 0.15) is 24.5 Å². The summed E-state index contributed by atoms with van der Waals surface area (Å²) in [6.07, 6.45) is 0.181. The minimum atomic E-state index is -0.764. The van der Waals surface area contributed by atoms with Gasteiger partial charge in [-0.1, -0.05) is 19.1 Å². The van der Waals surface area contributed by atoms with E-state index >= 15 is 0 Å². The molecule has 0 amide bonds. The Morgan fingerprint density at radius 3 is 2.62 bits per heavy atom. The van der Waals surface area contributed by atoms with Crippen LogP contribution in [0, 0.1) is 11.3 Å². The molecule has 0 saturated carbocycles. The molecule has 0 fully saturated rings. The normalized spacial score (nSPS) is 11.8. The number of carboxylic acids is 1. The first-order chi connectivity index (χ1) is 7.61. The van der Waals surface area contributed by atoms with Crippen molar-refractivity contribution >= 4 is 17.7 Å². The first-order valence-electron chi connectivity index (χ1n) is 4.94. The summed E-state index contributed by atoms with van der Waals surface area (Å²) in [4.78, 5) is 10.5. The fraction of sp³-hybridized carbons (Fsp3) is 0.333. The molecule has 0 heterocycles. The maximum absolute atomic E-state index is 10.5. The van der Waals surface area contributed by atoms with Crippen LogP contribution in [0.2, 0.25) is 0 Å². The monoisotopic (exact) mass is 235 g/mol. The van der Waals surface area contributed by atoms with Gasteiger partial charge in [0.1, 0.15) is 0 Å². The highest BCUT2D eigenvalue weighted by atomic mass is 32.2. The Hall–Kier alpha value is -1.47. The molecule has 1 unspecified atom stereocenters. The van der Waals surface area contributed by atoms with E-state index in [2.05, 4.69) is 6.07 Å². The van der Waals surface area contributed by atoms with Crippen molar-refractivity contribution in [3.8, 4) is 6.07 Å². The smallest absolute Gasteiger partial charge is 0.304 e. The van der Waals surface area contributed by atoms with Crippen LogP contribution in [0.15, 0.2) is 24.3 Å². The standard InChI is InChI=1S/C12H13NO2S/c1-9(6-12(14)15)16-8-11-4-2-10(7-13)3-5-11/h2-5,9H,6,8H2,1H3,(H,14,15). The molecule has 0 bridgehead atoms. The fourth-order valence-corrected chi connectivity index (χ4v) is 2.15. The molecule has 3 nitrogen and oxygen atoms in total. The van der Waals surface area contributed by atoms with Crippen LogP contribution in [0.25, 0.3) is 0 Å². The number of carboxylic acid groups (broad SMARTS) is 1. The lowest BCUT2D eigenvalue weighted by Gasteiger charge is -2.08. The summed E-state index contributed by atoms with van der Waals surface area (Å²) in [5, 5.41) is 17.3. The molecule has 0 radical (unpaired) electrons. The van der Waals surface area contributed by atoms with Crippen LogP contribution in [-0.4, -0.2) is 16.3 Å². The predicted octanol–water partition coefficient (Wildman–Crippen LogP) is 2.65. The van der Waals surface area contributed by atoms with E-state index in [1.54, 1.807) is 23.9 Å². The van der Waals surface area contributed by atoms with Crippen molar-refractivity contribution < 1.29 is 9.90 Å². The molecule has 84 valence electrons. The maximum Gasteiger partial charge on any atom is 0.304 e. The summed E-state index contributed by atoms with van der Waals surface area (Å²) in [5.41, 5.74) is 1.76. The van der Waals surface area contributed by atoms with Gasteiger partial charge in [0.2, 0.25) is 0 Å². The highest BCUT2D eigenvalue weighted by Gasteiger charge is 2.07. The third-order valence-corrected chi connectivity index (χ3v) is 3.32. The largest absolute Gasteiger partial charge is 0.481 e. The second-order valence-electron chi connectivity index (χ2n) is 3.53. The maximum atomic E-state index is 10.5. The van der Waals surface area contributed by atoms with Crippen molar-refractivity contribution in [1.82, 2.24) is 0 Å². The number of nitrogens with zero attached hydrogens (tertiary/aromatic N) is 1. The summed E-state index contributed by atoms with van der Waals surface area (Å²) in [5.74, 6) is 0.0139. The third-order valence-electron chi connectivity index (χ3n) is 2.08. The Balaban J connectivity index is 2.43. The highest BCUT2D eigenvalue weighted by Crippen LogP contribution is 2.20. The van der Waals surface area contributed by atoms with Crippen molar-refractivity contribution in [2.45, 2.75) is 24.3 Å². The van der Waals surface area contributed by atoms with Gasteiger partial charge in [-0.3, -0.25) is 4.79 Å². The van der Waals surface area contributed by atoms with Crippen LogP contribution in [-0.2, 0) is 10.5 Å². The SMILES string of the molecule is CC(CC(=O)O)SCc1ccc(C#N)cc1. The average Bonchev–Trinajstić information content (AvgIpc) is 2.26. The molecule has 16 heavy (non-hydrogen) atoms. The van der Waals surface area contributed by atoms with Gasteiger partial charge in [0.25, 0.3) is 0 Å². The van der Waals surface area contributed by atoms with E-state index in [9.17, 15) is 4.79 Å².